The molecule has 0 fully saturated rings. The number of ether oxygens (including phenoxy) is 1. The van der Waals surface area contributed by atoms with Gasteiger partial charge in [0.25, 0.3) is 0 Å². The van der Waals surface area contributed by atoms with Crippen molar-refractivity contribution in [2.45, 2.75) is 13.8 Å². The number of benzene rings is 1. The number of aromatic nitrogens is 3. The first-order chi connectivity index (χ1) is 12.0. The van der Waals surface area contributed by atoms with E-state index in [4.69, 9.17) is 9.15 Å². The third-order valence-electron chi connectivity index (χ3n) is 3.17. The van der Waals surface area contributed by atoms with E-state index in [1.807, 2.05) is 0 Å². The zero-order chi connectivity index (χ0) is 17.8. The maximum atomic E-state index is 11.9. The first-order valence-corrected chi connectivity index (χ1v) is 7.19. The van der Waals surface area contributed by atoms with Gasteiger partial charge in [-0.1, -0.05) is 5.11 Å². The molecule has 0 bridgehead atoms. The Morgan fingerprint density at radius 3 is 2.64 bits per heavy atom. The monoisotopic (exact) mass is 339 g/mol. The maximum Gasteiger partial charge on any atom is 0.382 e. The SMILES string of the molecule is Cc1cc(N=Nc2ncc(C(=O)Oc3ccncn3)o2)cc(C)c1O. The second kappa shape index (κ2) is 6.87. The van der Waals surface area contributed by atoms with Gasteiger partial charge < -0.3 is 14.3 Å². The molecule has 0 aliphatic heterocycles. The van der Waals surface area contributed by atoms with E-state index in [-0.39, 0.29) is 23.4 Å². The molecule has 9 heteroatoms. The van der Waals surface area contributed by atoms with Crippen molar-refractivity contribution >= 4 is 17.7 Å². The first kappa shape index (κ1) is 16.2. The molecule has 0 aliphatic rings. The average molecular weight is 339 g/mol. The van der Waals surface area contributed by atoms with E-state index in [0.29, 0.717) is 16.8 Å². The molecule has 0 atom stereocenters. The van der Waals surface area contributed by atoms with Crippen molar-refractivity contribution in [1.82, 2.24) is 15.0 Å². The molecule has 126 valence electrons. The molecule has 1 aromatic carbocycles. The van der Waals surface area contributed by atoms with Crippen LogP contribution < -0.4 is 4.74 Å². The number of azo groups is 1. The molecular formula is C16H13N5O4. The van der Waals surface area contributed by atoms with Gasteiger partial charge in [-0.05, 0) is 37.1 Å². The Morgan fingerprint density at radius 1 is 1.20 bits per heavy atom. The minimum Gasteiger partial charge on any atom is -0.507 e. The quantitative estimate of drug-likeness (QED) is 0.570. The summed E-state index contributed by atoms with van der Waals surface area (Å²) < 4.78 is 10.2. The number of esters is 1. The van der Waals surface area contributed by atoms with Crippen LogP contribution >= 0.6 is 0 Å². The molecule has 3 rings (SSSR count). The van der Waals surface area contributed by atoms with E-state index >= 15 is 0 Å². The van der Waals surface area contributed by atoms with Gasteiger partial charge in [0.1, 0.15) is 12.1 Å². The second-order valence-corrected chi connectivity index (χ2v) is 5.07. The lowest BCUT2D eigenvalue weighted by atomic mass is 10.1. The number of carbonyl (C=O) groups excluding carboxylic acids is 1. The van der Waals surface area contributed by atoms with Crippen LogP contribution in [0.5, 0.6) is 11.6 Å². The Hall–Kier alpha value is -3.62. The number of hydrogen-bond acceptors (Lipinski definition) is 9. The molecule has 0 saturated carbocycles. The van der Waals surface area contributed by atoms with Gasteiger partial charge in [0.05, 0.1) is 11.9 Å². The third-order valence-corrected chi connectivity index (χ3v) is 3.17. The Bertz CT molecular complexity index is 914. The van der Waals surface area contributed by atoms with E-state index in [9.17, 15) is 9.90 Å². The molecule has 25 heavy (non-hydrogen) atoms. The number of phenols is 1. The fourth-order valence-electron chi connectivity index (χ4n) is 1.98. The smallest absolute Gasteiger partial charge is 0.382 e. The standard InChI is InChI=1S/C16H13N5O4/c1-9-5-11(6-10(2)14(9)22)20-21-16-18-7-12(24-16)15(23)25-13-3-4-17-8-19-13/h3-8,22H,1-2H3. The van der Waals surface area contributed by atoms with Crippen LogP contribution in [0.4, 0.5) is 11.7 Å². The summed E-state index contributed by atoms with van der Waals surface area (Å²) in [5.74, 6) is -0.589. The average Bonchev–Trinajstić information content (AvgIpc) is 3.08. The van der Waals surface area contributed by atoms with Crippen LogP contribution in [0.2, 0.25) is 0 Å². The summed E-state index contributed by atoms with van der Waals surface area (Å²) in [7, 11) is 0. The molecule has 0 unspecified atom stereocenters. The highest BCUT2D eigenvalue weighted by Gasteiger charge is 2.15. The Kier molecular flexibility index (Phi) is 4.46. The largest absolute Gasteiger partial charge is 0.507 e. The summed E-state index contributed by atoms with van der Waals surface area (Å²) in [5, 5.41) is 17.5. The van der Waals surface area contributed by atoms with E-state index in [1.54, 1.807) is 26.0 Å². The van der Waals surface area contributed by atoms with Gasteiger partial charge in [-0.25, -0.2) is 14.8 Å². The van der Waals surface area contributed by atoms with Gasteiger partial charge in [-0.2, -0.15) is 4.98 Å². The number of oxazole rings is 1. The topological polar surface area (TPSA) is 123 Å². The highest BCUT2D eigenvalue weighted by atomic mass is 16.6. The van der Waals surface area contributed by atoms with E-state index in [1.165, 1.54) is 24.8 Å². The fourth-order valence-corrected chi connectivity index (χ4v) is 1.98. The molecule has 0 spiro atoms. The Morgan fingerprint density at radius 2 is 1.96 bits per heavy atom. The van der Waals surface area contributed by atoms with Crippen LogP contribution in [0.3, 0.4) is 0 Å². The maximum absolute atomic E-state index is 11.9. The summed E-state index contributed by atoms with van der Waals surface area (Å²) in [4.78, 5) is 23.2. The summed E-state index contributed by atoms with van der Waals surface area (Å²) in [6, 6.07) is 4.67. The van der Waals surface area contributed by atoms with Crippen molar-refractivity contribution in [1.29, 1.82) is 0 Å². The fraction of sp³-hybridized carbons (Fsp3) is 0.125. The van der Waals surface area contributed by atoms with Crippen molar-refractivity contribution in [2.75, 3.05) is 0 Å². The molecule has 0 saturated heterocycles. The summed E-state index contributed by atoms with van der Waals surface area (Å²) in [5.41, 5.74) is 1.88. The number of aryl methyl sites for hydroxylation is 2. The van der Waals surface area contributed by atoms with Crippen LogP contribution in [0.1, 0.15) is 21.7 Å². The Balaban J connectivity index is 1.72. The van der Waals surface area contributed by atoms with Crippen LogP contribution in [-0.2, 0) is 0 Å². The van der Waals surface area contributed by atoms with Gasteiger partial charge in [-0.15, -0.1) is 5.11 Å². The van der Waals surface area contributed by atoms with Crippen molar-refractivity contribution in [3.63, 3.8) is 0 Å². The van der Waals surface area contributed by atoms with Crippen molar-refractivity contribution < 1.29 is 19.1 Å². The van der Waals surface area contributed by atoms with Crippen molar-refractivity contribution in [3.8, 4) is 11.6 Å². The van der Waals surface area contributed by atoms with Crippen LogP contribution in [-0.4, -0.2) is 26.0 Å². The molecule has 2 heterocycles. The molecule has 0 aliphatic carbocycles. The van der Waals surface area contributed by atoms with Crippen LogP contribution in [0.15, 0.2) is 51.6 Å². The summed E-state index contributed by atoms with van der Waals surface area (Å²) in [6.45, 7) is 3.52. The van der Waals surface area contributed by atoms with Crippen molar-refractivity contribution in [2.24, 2.45) is 10.2 Å². The molecule has 0 radical (unpaired) electrons. The minimum atomic E-state index is -0.760. The molecule has 2 aromatic heterocycles. The molecule has 3 aromatic rings. The highest BCUT2D eigenvalue weighted by molar-refractivity contribution is 5.87. The molecular weight excluding hydrogens is 326 g/mol. The Labute approximate surface area is 142 Å². The number of carbonyl (C=O) groups is 1. The van der Waals surface area contributed by atoms with E-state index < -0.39 is 5.97 Å². The number of hydrogen-bond donors (Lipinski definition) is 1. The van der Waals surface area contributed by atoms with Crippen LogP contribution in [0.25, 0.3) is 0 Å². The zero-order valence-electron chi connectivity index (χ0n) is 13.4. The predicted molar refractivity (Wildman–Crippen MR) is 85.3 cm³/mol. The highest BCUT2D eigenvalue weighted by Crippen LogP contribution is 2.28. The zero-order valence-corrected chi connectivity index (χ0v) is 13.4. The number of nitrogens with zero attached hydrogens (tertiary/aromatic N) is 5. The minimum absolute atomic E-state index is 0.0922. The summed E-state index contributed by atoms with van der Waals surface area (Å²) in [6.07, 6.45) is 3.88. The van der Waals surface area contributed by atoms with Gasteiger partial charge in [0.15, 0.2) is 0 Å². The third kappa shape index (κ3) is 3.83. The normalized spacial score (nSPS) is 11.0. The van der Waals surface area contributed by atoms with Gasteiger partial charge >= 0.3 is 12.0 Å². The number of aromatic hydroxyl groups is 1. The predicted octanol–water partition coefficient (Wildman–Crippen LogP) is 3.42. The molecule has 0 amide bonds. The van der Waals surface area contributed by atoms with Crippen LogP contribution in [0, 0.1) is 13.8 Å². The lowest BCUT2D eigenvalue weighted by Gasteiger charge is -2.03. The molecule has 9 nitrogen and oxygen atoms in total. The lowest BCUT2D eigenvalue weighted by molar-refractivity contribution is 0.0694. The lowest BCUT2D eigenvalue weighted by Crippen LogP contribution is -2.08. The van der Waals surface area contributed by atoms with E-state index in [0.717, 1.165) is 0 Å². The van der Waals surface area contributed by atoms with Gasteiger partial charge in [0, 0.05) is 12.3 Å². The molecule has 1 N–H and O–H groups in total. The number of phenolic OH excluding ortho intramolecular Hbond substituents is 1. The van der Waals surface area contributed by atoms with E-state index in [2.05, 4.69) is 25.2 Å². The van der Waals surface area contributed by atoms with Gasteiger partial charge in [0.2, 0.25) is 11.6 Å². The number of rotatable bonds is 4. The van der Waals surface area contributed by atoms with Gasteiger partial charge in [-0.3, -0.25) is 0 Å². The second-order valence-electron chi connectivity index (χ2n) is 5.07. The first-order valence-electron chi connectivity index (χ1n) is 7.19. The summed E-state index contributed by atoms with van der Waals surface area (Å²) >= 11 is 0. The van der Waals surface area contributed by atoms with Crippen molar-refractivity contribution in [3.05, 3.63) is 53.8 Å².